The zero-order chi connectivity index (χ0) is 17.5. The summed E-state index contributed by atoms with van der Waals surface area (Å²) in [7, 11) is 1.34. The molecule has 24 heavy (non-hydrogen) atoms. The van der Waals surface area contributed by atoms with Gasteiger partial charge in [0, 0.05) is 18.2 Å². The van der Waals surface area contributed by atoms with Gasteiger partial charge >= 0.3 is 5.69 Å². The normalized spacial score (nSPS) is 20.2. The van der Waals surface area contributed by atoms with Gasteiger partial charge in [0.15, 0.2) is 6.61 Å². The highest BCUT2D eigenvalue weighted by atomic mass is 16.6. The molecule has 1 aromatic carbocycles. The number of hydrogen-bond donors (Lipinski definition) is 2. The summed E-state index contributed by atoms with van der Waals surface area (Å²) in [5.74, 6) is 0.514. The number of carbonyl (C=O) groups is 1. The molecule has 0 spiro atoms. The minimum atomic E-state index is -0.536. The first-order chi connectivity index (χ1) is 11.5. The first-order valence-electron chi connectivity index (χ1n) is 7.99. The van der Waals surface area contributed by atoms with Crippen molar-refractivity contribution in [2.45, 2.75) is 31.7 Å². The van der Waals surface area contributed by atoms with E-state index < -0.39 is 4.92 Å². The molecule has 0 radical (unpaired) electrons. The van der Waals surface area contributed by atoms with E-state index in [4.69, 9.17) is 15.2 Å². The predicted octanol–water partition coefficient (Wildman–Crippen LogP) is 1.62. The fourth-order valence-electron chi connectivity index (χ4n) is 2.98. The van der Waals surface area contributed by atoms with Gasteiger partial charge in [-0.15, -0.1) is 0 Å². The second kappa shape index (κ2) is 8.49. The standard InChI is InChI=1S/C16H23N3O5/c1-23-15-8-12(6-7-14(15)19(21)22)24-10-16(20)18-13-5-3-2-4-11(13)9-17/h6-8,11,13H,2-5,9-10,17H2,1H3,(H,18,20). The number of amides is 1. The summed E-state index contributed by atoms with van der Waals surface area (Å²) in [5, 5.41) is 13.8. The van der Waals surface area contributed by atoms with Gasteiger partial charge in [-0.05, 0) is 31.4 Å². The Morgan fingerprint density at radius 3 is 2.83 bits per heavy atom. The Morgan fingerprint density at radius 2 is 2.17 bits per heavy atom. The first kappa shape index (κ1) is 18.0. The lowest BCUT2D eigenvalue weighted by Crippen LogP contribution is -2.46. The van der Waals surface area contributed by atoms with Gasteiger partial charge in [0.2, 0.25) is 5.75 Å². The zero-order valence-corrected chi connectivity index (χ0v) is 13.7. The Hall–Kier alpha value is -2.35. The molecule has 1 aliphatic carbocycles. The van der Waals surface area contributed by atoms with Gasteiger partial charge in [-0.3, -0.25) is 14.9 Å². The molecule has 8 heteroatoms. The van der Waals surface area contributed by atoms with Crippen LogP contribution in [-0.4, -0.2) is 37.1 Å². The van der Waals surface area contributed by atoms with Crippen molar-refractivity contribution in [2.75, 3.05) is 20.3 Å². The lowest BCUT2D eigenvalue weighted by molar-refractivity contribution is -0.385. The van der Waals surface area contributed by atoms with Gasteiger partial charge in [-0.2, -0.15) is 0 Å². The molecule has 8 nitrogen and oxygen atoms in total. The van der Waals surface area contributed by atoms with Gasteiger partial charge in [-0.1, -0.05) is 12.8 Å². The number of carbonyl (C=O) groups excluding carboxylic acids is 1. The number of benzene rings is 1. The van der Waals surface area contributed by atoms with Crippen LogP contribution in [0.4, 0.5) is 5.69 Å². The van der Waals surface area contributed by atoms with E-state index in [1.807, 2.05) is 0 Å². The van der Waals surface area contributed by atoms with Crippen LogP contribution in [0.5, 0.6) is 11.5 Å². The molecule has 132 valence electrons. The van der Waals surface area contributed by atoms with Crippen LogP contribution in [-0.2, 0) is 4.79 Å². The van der Waals surface area contributed by atoms with Gasteiger partial charge in [0.05, 0.1) is 12.0 Å². The van der Waals surface area contributed by atoms with E-state index in [1.165, 1.54) is 25.3 Å². The highest BCUT2D eigenvalue weighted by Crippen LogP contribution is 2.30. The van der Waals surface area contributed by atoms with E-state index >= 15 is 0 Å². The molecule has 2 rings (SSSR count). The number of nitro groups is 1. The highest BCUT2D eigenvalue weighted by molar-refractivity contribution is 5.78. The minimum absolute atomic E-state index is 0.0891. The van der Waals surface area contributed by atoms with Crippen molar-refractivity contribution in [3.63, 3.8) is 0 Å². The van der Waals surface area contributed by atoms with E-state index in [2.05, 4.69) is 5.32 Å². The zero-order valence-electron chi connectivity index (χ0n) is 13.7. The van der Waals surface area contributed by atoms with Gasteiger partial charge in [-0.25, -0.2) is 0 Å². The molecule has 1 amide bonds. The van der Waals surface area contributed by atoms with Crippen molar-refractivity contribution < 1.29 is 19.2 Å². The molecule has 1 aliphatic rings. The van der Waals surface area contributed by atoms with Crippen molar-refractivity contribution in [3.05, 3.63) is 28.3 Å². The Morgan fingerprint density at radius 1 is 1.42 bits per heavy atom. The highest BCUT2D eigenvalue weighted by Gasteiger charge is 2.25. The van der Waals surface area contributed by atoms with Crippen LogP contribution in [0.1, 0.15) is 25.7 Å². The third-order valence-corrected chi connectivity index (χ3v) is 4.28. The minimum Gasteiger partial charge on any atom is -0.490 e. The molecule has 0 heterocycles. The third-order valence-electron chi connectivity index (χ3n) is 4.28. The van der Waals surface area contributed by atoms with E-state index in [9.17, 15) is 14.9 Å². The van der Waals surface area contributed by atoms with Crippen molar-refractivity contribution in [2.24, 2.45) is 11.7 Å². The van der Waals surface area contributed by atoms with E-state index in [0.29, 0.717) is 18.2 Å². The molecular formula is C16H23N3O5. The fourth-order valence-corrected chi connectivity index (χ4v) is 2.98. The van der Waals surface area contributed by atoms with Crippen LogP contribution in [0.25, 0.3) is 0 Å². The molecule has 3 N–H and O–H groups in total. The summed E-state index contributed by atoms with van der Waals surface area (Å²) in [4.78, 5) is 22.4. The second-order valence-corrected chi connectivity index (χ2v) is 5.83. The second-order valence-electron chi connectivity index (χ2n) is 5.83. The molecule has 0 saturated heterocycles. The molecule has 0 aliphatic heterocycles. The number of methoxy groups -OCH3 is 1. The average molecular weight is 337 g/mol. The molecular weight excluding hydrogens is 314 g/mol. The van der Waals surface area contributed by atoms with Crippen molar-refractivity contribution in [1.29, 1.82) is 0 Å². The topological polar surface area (TPSA) is 117 Å². The molecule has 0 aromatic heterocycles. The smallest absolute Gasteiger partial charge is 0.311 e. The molecule has 2 unspecified atom stereocenters. The Kier molecular flexibility index (Phi) is 6.36. The lowest BCUT2D eigenvalue weighted by Gasteiger charge is -2.31. The SMILES string of the molecule is COc1cc(OCC(=O)NC2CCCCC2CN)ccc1[N+](=O)[O-]. The fraction of sp³-hybridized carbons (Fsp3) is 0.562. The molecule has 1 saturated carbocycles. The van der Waals surface area contributed by atoms with Gasteiger partial charge in [0.25, 0.3) is 5.91 Å². The lowest BCUT2D eigenvalue weighted by atomic mass is 9.84. The maximum Gasteiger partial charge on any atom is 0.311 e. The summed E-state index contributed by atoms with van der Waals surface area (Å²) in [6, 6.07) is 4.22. The average Bonchev–Trinajstić information content (AvgIpc) is 2.60. The largest absolute Gasteiger partial charge is 0.490 e. The molecule has 1 aromatic rings. The van der Waals surface area contributed by atoms with Crippen LogP contribution in [0.2, 0.25) is 0 Å². The first-order valence-corrected chi connectivity index (χ1v) is 7.99. The van der Waals surface area contributed by atoms with Crippen LogP contribution < -0.4 is 20.5 Å². The summed E-state index contributed by atoms with van der Waals surface area (Å²) in [6.07, 6.45) is 4.19. The van der Waals surface area contributed by atoms with E-state index in [1.54, 1.807) is 0 Å². The van der Waals surface area contributed by atoms with Crippen LogP contribution in [0, 0.1) is 16.0 Å². The summed E-state index contributed by atoms with van der Waals surface area (Å²) >= 11 is 0. The number of nitro benzene ring substituents is 1. The molecule has 0 bridgehead atoms. The number of hydrogen-bond acceptors (Lipinski definition) is 6. The van der Waals surface area contributed by atoms with E-state index in [-0.39, 0.29) is 30.0 Å². The van der Waals surface area contributed by atoms with Crippen molar-refractivity contribution in [3.8, 4) is 11.5 Å². The maximum atomic E-state index is 12.1. The third kappa shape index (κ3) is 4.58. The van der Waals surface area contributed by atoms with Crippen LogP contribution in [0.15, 0.2) is 18.2 Å². The summed E-state index contributed by atoms with van der Waals surface area (Å²) in [6.45, 7) is 0.403. The van der Waals surface area contributed by atoms with Crippen molar-refractivity contribution in [1.82, 2.24) is 5.32 Å². The van der Waals surface area contributed by atoms with E-state index in [0.717, 1.165) is 25.7 Å². The maximum absolute atomic E-state index is 12.1. The summed E-state index contributed by atoms with van der Waals surface area (Å²) in [5.41, 5.74) is 5.60. The van der Waals surface area contributed by atoms with Gasteiger partial charge < -0.3 is 20.5 Å². The Bertz CT molecular complexity index is 593. The Balaban J connectivity index is 1.90. The molecule has 1 fully saturated rings. The predicted molar refractivity (Wildman–Crippen MR) is 88.1 cm³/mol. The monoisotopic (exact) mass is 337 g/mol. The summed E-state index contributed by atoms with van der Waals surface area (Å²) < 4.78 is 10.4. The quantitative estimate of drug-likeness (QED) is 0.577. The Labute approximate surface area is 140 Å². The van der Waals surface area contributed by atoms with Gasteiger partial charge in [0.1, 0.15) is 5.75 Å². The number of rotatable bonds is 7. The number of ether oxygens (including phenoxy) is 2. The van der Waals surface area contributed by atoms with Crippen LogP contribution in [0.3, 0.4) is 0 Å². The number of nitrogens with two attached hydrogens (primary N) is 1. The number of nitrogens with zero attached hydrogens (tertiary/aromatic N) is 1. The van der Waals surface area contributed by atoms with Crippen LogP contribution >= 0.6 is 0 Å². The van der Waals surface area contributed by atoms with Crippen molar-refractivity contribution >= 4 is 11.6 Å². The number of nitrogens with one attached hydrogen (secondary N) is 1. The molecule has 2 atom stereocenters.